The van der Waals surface area contributed by atoms with Gasteiger partial charge < -0.3 is 15.5 Å². The summed E-state index contributed by atoms with van der Waals surface area (Å²) in [6.45, 7) is 11.4. The molecule has 7 heteroatoms. The Morgan fingerprint density at radius 3 is 2.47 bits per heavy atom. The number of carbonyl (C=O) groups excluding carboxylic acids is 2. The fraction of sp³-hybridized carbons (Fsp3) is 0.483. The second-order valence-corrected chi connectivity index (χ2v) is 12.0. The second-order valence-electron chi connectivity index (χ2n) is 11.0. The zero-order valence-electron chi connectivity index (χ0n) is 21.8. The summed E-state index contributed by atoms with van der Waals surface area (Å²) in [5.74, 6) is 0.716. The number of ketones is 1. The van der Waals surface area contributed by atoms with Crippen molar-refractivity contribution in [2.75, 3.05) is 36.8 Å². The van der Waals surface area contributed by atoms with E-state index >= 15 is 0 Å². The lowest BCUT2D eigenvalue weighted by molar-refractivity contribution is 0.0752. The Morgan fingerprint density at radius 2 is 1.83 bits per heavy atom. The van der Waals surface area contributed by atoms with Gasteiger partial charge in [-0.1, -0.05) is 27.2 Å². The summed E-state index contributed by atoms with van der Waals surface area (Å²) in [5.41, 5.74) is 11.7. The van der Waals surface area contributed by atoms with Crippen LogP contribution in [0.5, 0.6) is 0 Å². The molecule has 0 radical (unpaired) electrons. The number of thiophene rings is 1. The number of hydrogen-bond acceptors (Lipinski definition) is 6. The largest absolute Gasteiger partial charge is 0.397 e. The molecule has 3 heterocycles. The number of fused-ring (bicyclic) bond motifs is 2. The van der Waals surface area contributed by atoms with Crippen LogP contribution in [0, 0.1) is 11.3 Å². The molecular formula is C29H36N4O2S. The number of carbonyl (C=O) groups is 2. The smallest absolute Gasteiger partial charge is 0.266 e. The molecule has 2 aliphatic rings. The highest BCUT2D eigenvalue weighted by Crippen LogP contribution is 2.42. The van der Waals surface area contributed by atoms with Crippen LogP contribution >= 0.6 is 11.3 Å². The Balaban J connectivity index is 1.31. The van der Waals surface area contributed by atoms with Crippen molar-refractivity contribution in [3.05, 3.63) is 52.0 Å². The van der Waals surface area contributed by atoms with E-state index in [-0.39, 0.29) is 11.7 Å². The molecule has 1 saturated heterocycles. The highest BCUT2D eigenvalue weighted by molar-refractivity contribution is 7.21. The van der Waals surface area contributed by atoms with E-state index in [1.807, 2.05) is 29.2 Å². The van der Waals surface area contributed by atoms with Crippen LogP contribution in [0.1, 0.15) is 71.8 Å². The average molecular weight is 505 g/mol. The summed E-state index contributed by atoms with van der Waals surface area (Å²) in [6, 6.07) is 9.91. The molecular weight excluding hydrogens is 468 g/mol. The van der Waals surface area contributed by atoms with Crippen molar-refractivity contribution in [3.8, 4) is 0 Å². The summed E-state index contributed by atoms with van der Waals surface area (Å²) in [6.07, 6.45) is 4.36. The molecule has 1 atom stereocenters. The number of hydrogen-bond donors (Lipinski definition) is 1. The van der Waals surface area contributed by atoms with E-state index in [2.05, 4.69) is 31.7 Å². The predicted molar refractivity (Wildman–Crippen MR) is 148 cm³/mol. The van der Waals surface area contributed by atoms with Crippen LogP contribution in [0.4, 0.5) is 11.4 Å². The Morgan fingerprint density at radius 1 is 1.14 bits per heavy atom. The molecule has 5 rings (SSSR count). The van der Waals surface area contributed by atoms with Crippen molar-refractivity contribution < 1.29 is 9.59 Å². The van der Waals surface area contributed by atoms with Crippen molar-refractivity contribution in [1.82, 2.24) is 9.88 Å². The van der Waals surface area contributed by atoms with Crippen LogP contribution < -0.4 is 10.6 Å². The highest BCUT2D eigenvalue weighted by Gasteiger charge is 2.33. The fourth-order valence-corrected chi connectivity index (χ4v) is 6.59. The number of aromatic nitrogens is 1. The molecule has 1 fully saturated rings. The molecule has 1 aliphatic carbocycles. The topological polar surface area (TPSA) is 79.5 Å². The fourth-order valence-electron chi connectivity index (χ4n) is 5.52. The number of anilines is 2. The average Bonchev–Trinajstić information content (AvgIpc) is 3.21. The number of rotatable bonds is 5. The van der Waals surface area contributed by atoms with E-state index in [0.29, 0.717) is 40.6 Å². The van der Waals surface area contributed by atoms with Crippen molar-refractivity contribution in [1.29, 1.82) is 0 Å². The molecule has 36 heavy (non-hydrogen) atoms. The lowest BCUT2D eigenvalue weighted by Gasteiger charge is -2.36. The number of aryl methyl sites for hydroxylation is 1. The van der Waals surface area contributed by atoms with Gasteiger partial charge in [0.1, 0.15) is 9.71 Å². The first kappa shape index (κ1) is 24.8. The molecule has 0 spiro atoms. The molecule has 1 aliphatic heterocycles. The third-order valence-electron chi connectivity index (χ3n) is 8.50. The van der Waals surface area contributed by atoms with Crippen LogP contribution in [0.2, 0.25) is 0 Å². The second kappa shape index (κ2) is 9.51. The quantitative estimate of drug-likeness (QED) is 0.459. The van der Waals surface area contributed by atoms with E-state index in [1.54, 1.807) is 6.92 Å². The van der Waals surface area contributed by atoms with Crippen molar-refractivity contribution in [3.63, 3.8) is 0 Å². The van der Waals surface area contributed by atoms with Gasteiger partial charge in [-0.25, -0.2) is 4.98 Å². The summed E-state index contributed by atoms with van der Waals surface area (Å²) in [5, 5.41) is 0.932. The standard InChI is InChI=1S/C29H36N4O2S/c1-5-29(3,4)21-8-11-24-20(16-21)17-23-25(30)26(36-27(23)31-24)28(35)33-14-12-32(13-15-33)22-9-6-19(7-10-22)18(2)34/h6-7,9-10,17,21H,5,8,11-16,30H2,1-4H3/t21-/m0/s1. The van der Waals surface area contributed by atoms with Crippen LogP contribution in [0.15, 0.2) is 30.3 Å². The number of nitrogens with two attached hydrogens (primary N) is 1. The first-order valence-electron chi connectivity index (χ1n) is 13.0. The number of amides is 1. The third-order valence-corrected chi connectivity index (χ3v) is 9.61. The van der Waals surface area contributed by atoms with Crippen LogP contribution in [0.25, 0.3) is 10.2 Å². The first-order chi connectivity index (χ1) is 17.2. The van der Waals surface area contributed by atoms with Crippen molar-refractivity contribution >= 4 is 44.6 Å². The van der Waals surface area contributed by atoms with Gasteiger partial charge in [0.15, 0.2) is 5.78 Å². The van der Waals surface area contributed by atoms with E-state index in [1.165, 1.54) is 35.4 Å². The van der Waals surface area contributed by atoms with Gasteiger partial charge in [0.25, 0.3) is 5.91 Å². The molecule has 1 aromatic carbocycles. The van der Waals surface area contributed by atoms with Crippen molar-refractivity contribution in [2.24, 2.45) is 11.3 Å². The molecule has 0 saturated carbocycles. The van der Waals surface area contributed by atoms with E-state index < -0.39 is 0 Å². The normalized spacial score (nSPS) is 18.4. The van der Waals surface area contributed by atoms with Gasteiger partial charge in [0.2, 0.25) is 0 Å². The lowest BCUT2D eigenvalue weighted by Crippen LogP contribution is -2.48. The minimum atomic E-state index is 0.00467. The minimum Gasteiger partial charge on any atom is -0.397 e. The molecule has 0 unspecified atom stereocenters. The van der Waals surface area contributed by atoms with Crippen LogP contribution in [-0.4, -0.2) is 47.8 Å². The minimum absolute atomic E-state index is 0.00467. The number of benzene rings is 1. The molecule has 3 aromatic rings. The maximum absolute atomic E-state index is 13.5. The van der Waals surface area contributed by atoms with Gasteiger partial charge in [0, 0.05) is 48.5 Å². The molecule has 2 N–H and O–H groups in total. The first-order valence-corrected chi connectivity index (χ1v) is 13.9. The summed E-state index contributed by atoms with van der Waals surface area (Å²) < 4.78 is 0. The summed E-state index contributed by atoms with van der Waals surface area (Å²) in [7, 11) is 0. The van der Waals surface area contributed by atoms with Crippen LogP contribution in [-0.2, 0) is 12.8 Å². The number of piperazine rings is 1. The van der Waals surface area contributed by atoms with Crippen LogP contribution in [0.3, 0.4) is 0 Å². The molecule has 0 bridgehead atoms. The Hall–Kier alpha value is -2.93. The van der Waals surface area contributed by atoms with E-state index in [4.69, 9.17) is 10.7 Å². The Kier molecular flexibility index (Phi) is 6.54. The van der Waals surface area contributed by atoms with E-state index in [0.717, 1.165) is 41.8 Å². The SMILES string of the molecule is CCC(C)(C)[C@H]1CCc2nc3sc(C(=O)N4CCN(c5ccc(C(C)=O)cc5)CC4)c(N)c3cc2C1. The van der Waals surface area contributed by atoms with Crippen molar-refractivity contribution in [2.45, 2.75) is 53.4 Å². The monoisotopic (exact) mass is 504 g/mol. The zero-order valence-corrected chi connectivity index (χ0v) is 22.6. The Labute approximate surface area is 217 Å². The van der Waals surface area contributed by atoms with E-state index in [9.17, 15) is 9.59 Å². The van der Waals surface area contributed by atoms with Gasteiger partial charge in [-0.3, -0.25) is 9.59 Å². The summed E-state index contributed by atoms with van der Waals surface area (Å²) in [4.78, 5) is 35.6. The van der Waals surface area contributed by atoms with Gasteiger partial charge >= 0.3 is 0 Å². The van der Waals surface area contributed by atoms with Gasteiger partial charge in [-0.2, -0.15) is 0 Å². The maximum atomic E-state index is 13.5. The number of pyridine rings is 1. The number of nitrogen functional groups attached to an aromatic ring is 1. The number of Topliss-reactive ketones (excluding diaryl/α,β-unsaturated/α-hetero) is 1. The predicted octanol–water partition coefficient (Wildman–Crippen LogP) is 5.58. The molecule has 1 amide bonds. The Bertz CT molecular complexity index is 1300. The number of nitrogens with zero attached hydrogens (tertiary/aromatic N) is 3. The highest BCUT2D eigenvalue weighted by atomic mass is 32.1. The molecule has 2 aromatic heterocycles. The summed E-state index contributed by atoms with van der Waals surface area (Å²) >= 11 is 1.44. The lowest BCUT2D eigenvalue weighted by atomic mass is 9.69. The maximum Gasteiger partial charge on any atom is 0.266 e. The molecule has 6 nitrogen and oxygen atoms in total. The molecule has 190 valence electrons. The van der Waals surface area contributed by atoms with Gasteiger partial charge in [-0.05, 0) is 73.4 Å². The van der Waals surface area contributed by atoms with Gasteiger partial charge in [-0.15, -0.1) is 11.3 Å². The third kappa shape index (κ3) is 4.49. The van der Waals surface area contributed by atoms with Gasteiger partial charge in [0.05, 0.1) is 5.69 Å². The zero-order chi connectivity index (χ0) is 25.6.